The van der Waals surface area contributed by atoms with E-state index in [1.54, 1.807) is 0 Å². The van der Waals surface area contributed by atoms with Crippen molar-refractivity contribution in [1.82, 2.24) is 19.6 Å². The van der Waals surface area contributed by atoms with Crippen LogP contribution in [0.3, 0.4) is 0 Å². The smallest absolute Gasteiger partial charge is 0.246 e. The van der Waals surface area contributed by atoms with Crippen molar-refractivity contribution in [2.75, 3.05) is 0 Å². The van der Waals surface area contributed by atoms with Crippen LogP contribution in [0.2, 0.25) is 0 Å². The van der Waals surface area contributed by atoms with Gasteiger partial charge in [-0.15, -0.1) is 0 Å². The largest absolute Gasteiger partial charge is 0.348 e. The minimum atomic E-state index is -0.263. The van der Waals surface area contributed by atoms with Crippen molar-refractivity contribution in [3.05, 3.63) is 40.6 Å². The molecule has 3 aromatic rings. The molecule has 0 spiro atoms. The Kier molecular flexibility index (Phi) is 1.45. The summed E-state index contributed by atoms with van der Waals surface area (Å²) in [4.78, 5) is 15.6. The van der Waals surface area contributed by atoms with Crippen molar-refractivity contribution in [2.24, 2.45) is 0 Å². The number of aromatic nitrogens is 4. The summed E-state index contributed by atoms with van der Waals surface area (Å²) in [6.45, 7) is 1.98. The van der Waals surface area contributed by atoms with Crippen LogP contribution in [0.25, 0.3) is 16.6 Å². The van der Waals surface area contributed by atoms with Crippen LogP contribution in [-0.4, -0.2) is 19.6 Å². The molecule has 2 aromatic heterocycles. The van der Waals surface area contributed by atoms with Gasteiger partial charge in [0.2, 0.25) is 0 Å². The van der Waals surface area contributed by atoms with E-state index in [9.17, 15) is 4.79 Å². The molecule has 0 saturated heterocycles. The molecule has 0 aliphatic rings. The molecule has 0 saturated carbocycles. The molecule has 15 heavy (non-hydrogen) atoms. The highest BCUT2D eigenvalue weighted by molar-refractivity contribution is 5.92. The van der Waals surface area contributed by atoms with Gasteiger partial charge in [0.15, 0.2) is 5.65 Å². The number of aryl methyl sites for hydroxylation is 1. The lowest BCUT2D eigenvalue weighted by atomic mass is 10.1. The highest BCUT2D eigenvalue weighted by Gasteiger charge is 2.06. The van der Waals surface area contributed by atoms with Crippen LogP contribution in [0.15, 0.2) is 29.3 Å². The fraction of sp³-hybridized carbons (Fsp3) is 0.100. The first kappa shape index (κ1) is 8.16. The summed E-state index contributed by atoms with van der Waals surface area (Å²) in [7, 11) is 0. The fourth-order valence-electron chi connectivity index (χ4n) is 1.73. The lowest BCUT2D eigenvalue weighted by Crippen LogP contribution is -2.09. The van der Waals surface area contributed by atoms with Crippen LogP contribution in [0, 0.1) is 6.92 Å². The van der Waals surface area contributed by atoms with E-state index >= 15 is 0 Å². The minimum Gasteiger partial charge on any atom is -0.246 e. The van der Waals surface area contributed by atoms with Crippen LogP contribution in [0.5, 0.6) is 0 Å². The SMILES string of the molecule is Cc1cccc2c1ncn1c(=O)[nH]nc21. The van der Waals surface area contributed by atoms with Gasteiger partial charge in [0, 0.05) is 5.39 Å². The van der Waals surface area contributed by atoms with E-state index in [-0.39, 0.29) is 5.69 Å². The third kappa shape index (κ3) is 0.999. The molecule has 3 rings (SSSR count). The molecule has 0 aliphatic carbocycles. The molecule has 5 nitrogen and oxygen atoms in total. The van der Waals surface area contributed by atoms with E-state index in [1.165, 1.54) is 10.7 Å². The molecule has 1 aromatic carbocycles. The standard InChI is InChI=1S/C10H8N4O/c1-6-3-2-4-7-8(6)11-5-14-9(7)12-13-10(14)15/h2-5H,1H3,(H,13,15). The predicted molar refractivity (Wildman–Crippen MR) is 55.9 cm³/mol. The number of para-hydroxylation sites is 1. The van der Waals surface area contributed by atoms with Crippen LogP contribution < -0.4 is 5.69 Å². The molecule has 0 atom stereocenters. The van der Waals surface area contributed by atoms with Crippen molar-refractivity contribution in [1.29, 1.82) is 0 Å². The van der Waals surface area contributed by atoms with Crippen molar-refractivity contribution in [2.45, 2.75) is 6.92 Å². The van der Waals surface area contributed by atoms with E-state index in [2.05, 4.69) is 15.2 Å². The van der Waals surface area contributed by atoms with Gasteiger partial charge in [-0.2, -0.15) is 5.10 Å². The second-order valence-electron chi connectivity index (χ2n) is 3.44. The van der Waals surface area contributed by atoms with E-state index < -0.39 is 0 Å². The Bertz CT molecular complexity index is 710. The van der Waals surface area contributed by atoms with Gasteiger partial charge in [0.25, 0.3) is 0 Å². The number of fused-ring (bicyclic) bond motifs is 3. The van der Waals surface area contributed by atoms with E-state index in [1.807, 2.05) is 25.1 Å². The van der Waals surface area contributed by atoms with Crippen LogP contribution in [-0.2, 0) is 0 Å². The highest BCUT2D eigenvalue weighted by atomic mass is 16.1. The molecule has 1 N–H and O–H groups in total. The number of rotatable bonds is 0. The van der Waals surface area contributed by atoms with E-state index in [0.29, 0.717) is 5.65 Å². The number of benzene rings is 1. The number of aromatic amines is 1. The molecule has 0 amide bonds. The van der Waals surface area contributed by atoms with Gasteiger partial charge in [0.1, 0.15) is 6.33 Å². The monoisotopic (exact) mass is 200 g/mol. The summed E-state index contributed by atoms with van der Waals surface area (Å²) < 4.78 is 1.40. The highest BCUT2D eigenvalue weighted by Crippen LogP contribution is 2.17. The Morgan fingerprint density at radius 2 is 2.27 bits per heavy atom. The molecule has 74 valence electrons. The van der Waals surface area contributed by atoms with Gasteiger partial charge in [-0.1, -0.05) is 12.1 Å². The maximum absolute atomic E-state index is 11.3. The van der Waals surface area contributed by atoms with Crippen molar-refractivity contribution < 1.29 is 0 Å². The minimum absolute atomic E-state index is 0.263. The third-order valence-electron chi connectivity index (χ3n) is 2.49. The molecule has 0 fully saturated rings. The molecule has 0 radical (unpaired) electrons. The van der Waals surface area contributed by atoms with Crippen LogP contribution >= 0.6 is 0 Å². The first-order chi connectivity index (χ1) is 7.27. The Labute approximate surface area is 84.4 Å². The average molecular weight is 200 g/mol. The van der Waals surface area contributed by atoms with Crippen LogP contribution in [0.1, 0.15) is 5.56 Å². The number of hydrogen-bond acceptors (Lipinski definition) is 3. The molecule has 5 heteroatoms. The molecular weight excluding hydrogens is 192 g/mol. The molecule has 0 aliphatic heterocycles. The lowest BCUT2D eigenvalue weighted by molar-refractivity contribution is 1.00. The average Bonchev–Trinajstić information content (AvgIpc) is 2.61. The zero-order valence-corrected chi connectivity index (χ0v) is 8.06. The summed E-state index contributed by atoms with van der Waals surface area (Å²) in [5.41, 5.74) is 2.31. The maximum Gasteiger partial charge on any atom is 0.348 e. The number of hydrogen-bond donors (Lipinski definition) is 1. The van der Waals surface area contributed by atoms with Gasteiger partial charge >= 0.3 is 5.69 Å². The summed E-state index contributed by atoms with van der Waals surface area (Å²) in [5, 5.41) is 7.26. The summed E-state index contributed by atoms with van der Waals surface area (Å²) in [6.07, 6.45) is 1.50. The molecule has 0 unspecified atom stereocenters. The molecular formula is C10H8N4O. The number of nitrogens with zero attached hydrogens (tertiary/aromatic N) is 3. The summed E-state index contributed by atoms with van der Waals surface area (Å²) in [6, 6.07) is 5.82. The second-order valence-corrected chi connectivity index (χ2v) is 3.44. The normalized spacial score (nSPS) is 11.3. The third-order valence-corrected chi connectivity index (χ3v) is 2.49. The Morgan fingerprint density at radius 1 is 1.40 bits per heavy atom. The van der Waals surface area contributed by atoms with Crippen molar-refractivity contribution in [3.8, 4) is 0 Å². The number of H-pyrrole nitrogens is 1. The van der Waals surface area contributed by atoms with Gasteiger partial charge in [0.05, 0.1) is 5.52 Å². The zero-order valence-electron chi connectivity index (χ0n) is 8.06. The van der Waals surface area contributed by atoms with Gasteiger partial charge in [-0.25, -0.2) is 19.3 Å². The summed E-state index contributed by atoms with van der Waals surface area (Å²) >= 11 is 0. The lowest BCUT2D eigenvalue weighted by Gasteiger charge is -2.00. The quantitative estimate of drug-likeness (QED) is 0.586. The zero-order chi connectivity index (χ0) is 10.4. The second kappa shape index (κ2) is 2.66. The van der Waals surface area contributed by atoms with E-state index in [0.717, 1.165) is 16.5 Å². The van der Waals surface area contributed by atoms with Gasteiger partial charge < -0.3 is 0 Å². The van der Waals surface area contributed by atoms with Crippen molar-refractivity contribution in [3.63, 3.8) is 0 Å². The van der Waals surface area contributed by atoms with E-state index in [4.69, 9.17) is 0 Å². The first-order valence-electron chi connectivity index (χ1n) is 4.58. The first-order valence-corrected chi connectivity index (χ1v) is 4.58. The molecule has 0 bridgehead atoms. The molecule has 2 heterocycles. The maximum atomic E-state index is 11.3. The number of nitrogens with one attached hydrogen (secondary N) is 1. The Morgan fingerprint density at radius 3 is 3.13 bits per heavy atom. The van der Waals surface area contributed by atoms with Gasteiger partial charge in [-0.05, 0) is 18.6 Å². The van der Waals surface area contributed by atoms with Crippen molar-refractivity contribution >= 4 is 16.6 Å². The predicted octanol–water partition coefficient (Wildman–Crippen LogP) is 0.879. The topological polar surface area (TPSA) is 63.1 Å². The van der Waals surface area contributed by atoms with Crippen LogP contribution in [0.4, 0.5) is 0 Å². The fourth-order valence-corrected chi connectivity index (χ4v) is 1.73. The Hall–Kier alpha value is -2.17. The Balaban J connectivity index is 2.66. The summed E-state index contributed by atoms with van der Waals surface area (Å²) in [5.74, 6) is 0. The van der Waals surface area contributed by atoms with Gasteiger partial charge in [-0.3, -0.25) is 0 Å².